The molecule has 0 bridgehead atoms. The van der Waals surface area contributed by atoms with Crippen LogP contribution < -0.4 is 15.6 Å². The Labute approximate surface area is 280 Å². The molecule has 0 unspecified atom stereocenters. The van der Waals surface area contributed by atoms with E-state index in [0.717, 1.165) is 17.7 Å². The molecule has 0 saturated heterocycles. The number of azide groups is 1. The van der Waals surface area contributed by atoms with E-state index in [2.05, 4.69) is 20.9 Å². The van der Waals surface area contributed by atoms with Crippen molar-refractivity contribution in [1.82, 2.24) is 10.9 Å². The molecule has 13 heteroatoms. The lowest BCUT2D eigenvalue weighted by atomic mass is 9.83. The van der Waals surface area contributed by atoms with Gasteiger partial charge in [-0.3, -0.25) is 10.2 Å². The molecule has 1 amide bonds. The van der Waals surface area contributed by atoms with Crippen LogP contribution in [0.15, 0.2) is 119 Å². The third-order valence-electron chi connectivity index (χ3n) is 7.69. The van der Waals surface area contributed by atoms with E-state index in [1.54, 1.807) is 54.6 Å². The van der Waals surface area contributed by atoms with Crippen LogP contribution in [0, 0.1) is 0 Å². The average Bonchev–Trinajstić information content (AvgIpc) is 3.50. The number of hydrogen-bond donors (Lipinski definition) is 3. The van der Waals surface area contributed by atoms with Gasteiger partial charge in [0.15, 0.2) is 11.6 Å². The zero-order chi connectivity index (χ0) is 34.7. The number of alkyl halides is 3. The van der Waals surface area contributed by atoms with Crippen molar-refractivity contribution in [3.8, 4) is 5.75 Å². The number of rotatable bonds is 14. The summed E-state index contributed by atoms with van der Waals surface area (Å²) in [4.78, 5) is 22.2. The normalized spacial score (nSPS) is 17.2. The number of aliphatic hydroxyl groups excluding tert-OH is 1. The van der Waals surface area contributed by atoms with Crippen molar-refractivity contribution in [3.05, 3.63) is 147 Å². The number of carbonyl (C=O) groups excluding carboxylic acids is 1. The summed E-state index contributed by atoms with van der Waals surface area (Å²) in [6.45, 7) is 0.218. The molecule has 1 heterocycles. The monoisotopic (exact) mass is 670 g/mol. The highest BCUT2D eigenvalue weighted by Crippen LogP contribution is 2.45. The number of halogens is 3. The number of ether oxygens (including phenoxy) is 2. The Hall–Kier alpha value is -5.62. The van der Waals surface area contributed by atoms with Gasteiger partial charge in [-0.05, 0) is 47.0 Å². The quantitative estimate of drug-likeness (QED) is 0.0417. The number of aliphatic hydroxyl groups is 1. The smallest absolute Gasteiger partial charge is 0.416 e. The minimum absolute atomic E-state index is 0.000888. The number of nitrogens with zero attached hydrogens (tertiary/aromatic N) is 4. The van der Waals surface area contributed by atoms with Crippen molar-refractivity contribution in [2.45, 2.75) is 37.2 Å². The van der Waals surface area contributed by atoms with E-state index in [4.69, 9.17) is 19.6 Å². The predicted molar refractivity (Wildman–Crippen MR) is 179 cm³/mol. The number of amides is 1. The van der Waals surface area contributed by atoms with Crippen molar-refractivity contribution in [2.75, 3.05) is 13.2 Å². The summed E-state index contributed by atoms with van der Waals surface area (Å²) in [6, 6.07) is 27.8. The first-order valence-electron chi connectivity index (χ1n) is 15.4. The predicted octanol–water partition coefficient (Wildman–Crippen LogP) is 7.59. The summed E-state index contributed by atoms with van der Waals surface area (Å²) in [7, 11) is 0. The second-order valence-electron chi connectivity index (χ2n) is 11.1. The summed E-state index contributed by atoms with van der Waals surface area (Å²) < 4.78 is 52.0. The number of nitrogens with one attached hydrogen (secondary N) is 2. The van der Waals surface area contributed by atoms with Gasteiger partial charge in [-0.15, -0.1) is 0 Å². The Morgan fingerprint density at radius 2 is 1.80 bits per heavy atom. The lowest BCUT2D eigenvalue weighted by Crippen LogP contribution is -2.52. The summed E-state index contributed by atoms with van der Waals surface area (Å²) in [6.07, 6.45) is -1.47. The Bertz CT molecular complexity index is 1840. The zero-order valence-corrected chi connectivity index (χ0v) is 26.2. The molecule has 10 nitrogen and oxygen atoms in total. The Morgan fingerprint density at radius 3 is 2.53 bits per heavy atom. The molecule has 0 saturated carbocycles. The van der Waals surface area contributed by atoms with Crippen LogP contribution in [0.1, 0.15) is 46.8 Å². The first kappa shape index (κ1) is 34.7. The van der Waals surface area contributed by atoms with Crippen LogP contribution >= 0.6 is 0 Å². The van der Waals surface area contributed by atoms with Gasteiger partial charge in [0, 0.05) is 47.7 Å². The maximum atomic E-state index is 14.3. The molecule has 0 fully saturated rings. The molecule has 5 rings (SSSR count). The average molecular weight is 671 g/mol. The van der Waals surface area contributed by atoms with Gasteiger partial charge in [0.1, 0.15) is 5.75 Å². The van der Waals surface area contributed by atoms with Gasteiger partial charge in [0.2, 0.25) is 5.90 Å². The van der Waals surface area contributed by atoms with E-state index in [1.807, 2.05) is 36.4 Å². The van der Waals surface area contributed by atoms with Crippen LogP contribution in [0.2, 0.25) is 0 Å². The summed E-state index contributed by atoms with van der Waals surface area (Å²) in [5.41, 5.74) is 14.6. The van der Waals surface area contributed by atoms with Crippen LogP contribution in [0.4, 0.5) is 18.9 Å². The molecule has 0 spiro atoms. The van der Waals surface area contributed by atoms with Crippen LogP contribution in [-0.4, -0.2) is 35.7 Å². The van der Waals surface area contributed by atoms with Gasteiger partial charge in [-0.2, -0.15) is 13.2 Å². The highest BCUT2D eigenvalue weighted by atomic mass is 19.4. The molecule has 0 aromatic heterocycles. The molecule has 3 N–H and O–H groups in total. The minimum Gasteiger partial charge on any atom is -0.494 e. The molecular weight excluding hydrogens is 637 g/mol. The van der Waals surface area contributed by atoms with Gasteiger partial charge < -0.3 is 14.6 Å². The number of aliphatic imine (C=N–C) groups is 1. The molecule has 1 aliphatic heterocycles. The fraction of sp³-hybridized carbons (Fsp3) is 0.222. The van der Waals surface area contributed by atoms with Gasteiger partial charge in [0.05, 0.1) is 12.2 Å². The lowest BCUT2D eigenvalue weighted by Gasteiger charge is -2.30. The first-order valence-corrected chi connectivity index (χ1v) is 15.4. The Morgan fingerprint density at radius 1 is 1.04 bits per heavy atom. The molecule has 2 atom stereocenters. The second-order valence-corrected chi connectivity index (χ2v) is 11.1. The SMILES string of the molecule is [N-]=[N+]=Nc1ccccc1[C@@H]1OC(c2ccc(OCCCO)cc2)=N[C@]1(C/C=C/c1ccccc1)C(=O)NNCc1cccc(C(F)(F)F)c1. The van der Waals surface area contributed by atoms with Gasteiger partial charge in [-0.25, -0.2) is 10.4 Å². The van der Waals surface area contributed by atoms with E-state index in [-0.39, 0.29) is 31.2 Å². The van der Waals surface area contributed by atoms with E-state index in [0.29, 0.717) is 35.5 Å². The first-order chi connectivity index (χ1) is 23.7. The topological polar surface area (TPSA) is 141 Å². The third-order valence-corrected chi connectivity index (χ3v) is 7.69. The van der Waals surface area contributed by atoms with Crippen molar-refractivity contribution >= 4 is 23.6 Å². The van der Waals surface area contributed by atoms with Gasteiger partial charge in [-0.1, -0.05) is 90.1 Å². The number of hydrogen-bond acceptors (Lipinski definition) is 7. The third kappa shape index (κ3) is 8.65. The zero-order valence-electron chi connectivity index (χ0n) is 26.2. The maximum Gasteiger partial charge on any atom is 0.416 e. The number of carbonyl (C=O) groups is 1. The maximum absolute atomic E-state index is 14.3. The lowest BCUT2D eigenvalue weighted by molar-refractivity contribution is -0.137. The molecule has 0 radical (unpaired) electrons. The van der Waals surface area contributed by atoms with Crippen molar-refractivity contribution in [2.24, 2.45) is 10.1 Å². The molecule has 0 aliphatic carbocycles. The molecule has 4 aromatic rings. The molecule has 49 heavy (non-hydrogen) atoms. The fourth-order valence-corrected chi connectivity index (χ4v) is 5.27. The van der Waals surface area contributed by atoms with E-state index in [9.17, 15) is 23.5 Å². The molecular formula is C36H33F3N6O4. The summed E-state index contributed by atoms with van der Waals surface area (Å²) >= 11 is 0. The summed E-state index contributed by atoms with van der Waals surface area (Å²) in [5, 5.41) is 12.9. The molecule has 4 aromatic carbocycles. The molecule has 252 valence electrons. The van der Waals surface area contributed by atoms with Crippen LogP contribution in [0.5, 0.6) is 5.75 Å². The van der Waals surface area contributed by atoms with Crippen molar-refractivity contribution in [1.29, 1.82) is 0 Å². The van der Waals surface area contributed by atoms with Crippen LogP contribution in [0.25, 0.3) is 16.5 Å². The van der Waals surface area contributed by atoms with Crippen molar-refractivity contribution < 1.29 is 32.5 Å². The minimum atomic E-state index is -4.52. The van der Waals surface area contributed by atoms with Crippen molar-refractivity contribution in [3.63, 3.8) is 0 Å². The van der Waals surface area contributed by atoms with Crippen LogP contribution in [-0.2, 0) is 22.3 Å². The molecule has 1 aliphatic rings. The summed E-state index contributed by atoms with van der Waals surface area (Å²) in [5.74, 6) is 0.0790. The van der Waals surface area contributed by atoms with Gasteiger partial charge in [0.25, 0.3) is 5.91 Å². The van der Waals surface area contributed by atoms with E-state index < -0.39 is 29.3 Å². The largest absolute Gasteiger partial charge is 0.494 e. The van der Waals surface area contributed by atoms with Crippen LogP contribution in [0.3, 0.4) is 0 Å². The van der Waals surface area contributed by atoms with E-state index in [1.165, 1.54) is 12.1 Å². The Kier molecular flexibility index (Phi) is 11.3. The standard InChI is InChI=1S/C36H33F3N6O4/c37-36(38,39)28-13-6-11-26(23-28)24-41-44-34(47)35(20-7-12-25-9-2-1-3-10-25)32(30-14-4-5-15-31(30)43-45-40)49-33(42-35)27-16-18-29(19-17-27)48-22-8-21-46/h1-7,9-19,23,32,41,46H,8,20-22,24H2,(H,44,47)/b12-7+/t32-,35-/m0/s1. The highest BCUT2D eigenvalue weighted by molar-refractivity contribution is 6.01. The number of benzene rings is 4. The highest BCUT2D eigenvalue weighted by Gasteiger charge is 2.53. The fourth-order valence-electron chi connectivity index (χ4n) is 5.27. The van der Waals surface area contributed by atoms with E-state index >= 15 is 0 Å². The second kappa shape index (κ2) is 16.0. The van der Waals surface area contributed by atoms with Gasteiger partial charge >= 0.3 is 6.18 Å². The Balaban J connectivity index is 1.52. The number of hydrazine groups is 1.